The standard InChI is InChI=1S/C22H22Cl2N2O2S/c1-14-7-9-26(10-8-14)22-17-11-15(2)3-6-20(17)25-13-21(22)29(27,28)16-4-5-18(23)19(24)12-16/h3-6,11-14H,7-10H2,1-2H3. The van der Waals surface area contributed by atoms with E-state index in [1.54, 1.807) is 0 Å². The zero-order valence-electron chi connectivity index (χ0n) is 16.3. The van der Waals surface area contributed by atoms with Crippen molar-refractivity contribution in [1.82, 2.24) is 4.98 Å². The average molecular weight is 449 g/mol. The Hall–Kier alpha value is -1.82. The van der Waals surface area contributed by atoms with Crippen molar-refractivity contribution in [3.05, 3.63) is 58.2 Å². The summed E-state index contributed by atoms with van der Waals surface area (Å²) in [6, 6.07) is 10.4. The molecule has 1 saturated heterocycles. The van der Waals surface area contributed by atoms with E-state index in [0.29, 0.717) is 10.9 Å². The van der Waals surface area contributed by atoms with Crippen LogP contribution >= 0.6 is 23.2 Å². The van der Waals surface area contributed by atoms with Crippen LogP contribution in [0.25, 0.3) is 10.9 Å². The maximum atomic E-state index is 13.6. The summed E-state index contributed by atoms with van der Waals surface area (Å²) in [6.45, 7) is 5.87. The molecule has 0 atom stereocenters. The number of aryl methyl sites for hydroxylation is 1. The van der Waals surface area contributed by atoms with Gasteiger partial charge in [0, 0.05) is 24.7 Å². The molecular weight excluding hydrogens is 427 g/mol. The number of pyridine rings is 1. The first kappa shape index (κ1) is 20.5. The fourth-order valence-corrected chi connectivity index (χ4v) is 5.62. The fourth-order valence-electron chi connectivity index (χ4n) is 3.80. The van der Waals surface area contributed by atoms with Crippen LogP contribution in [-0.2, 0) is 9.84 Å². The number of sulfone groups is 1. The number of fused-ring (bicyclic) bond motifs is 1. The van der Waals surface area contributed by atoms with Gasteiger partial charge in [-0.15, -0.1) is 0 Å². The Bertz CT molecular complexity index is 1190. The molecule has 1 fully saturated rings. The number of hydrogen-bond acceptors (Lipinski definition) is 4. The molecule has 1 aliphatic rings. The maximum Gasteiger partial charge on any atom is 0.210 e. The van der Waals surface area contributed by atoms with Crippen molar-refractivity contribution in [2.75, 3.05) is 18.0 Å². The predicted molar refractivity (Wildman–Crippen MR) is 119 cm³/mol. The third kappa shape index (κ3) is 3.83. The Kier molecular flexibility index (Phi) is 5.49. The first-order chi connectivity index (χ1) is 13.8. The summed E-state index contributed by atoms with van der Waals surface area (Å²) in [6.07, 6.45) is 3.53. The molecule has 3 aromatic rings. The number of piperidine rings is 1. The van der Waals surface area contributed by atoms with E-state index in [0.717, 1.165) is 48.1 Å². The molecular formula is C22H22Cl2N2O2S. The lowest BCUT2D eigenvalue weighted by Crippen LogP contribution is -2.34. The van der Waals surface area contributed by atoms with Gasteiger partial charge in [-0.1, -0.05) is 41.8 Å². The third-order valence-electron chi connectivity index (χ3n) is 5.55. The first-order valence-electron chi connectivity index (χ1n) is 9.62. The van der Waals surface area contributed by atoms with Gasteiger partial charge in [-0.25, -0.2) is 8.42 Å². The highest BCUT2D eigenvalue weighted by Gasteiger charge is 2.29. The molecule has 2 heterocycles. The number of benzene rings is 2. The monoisotopic (exact) mass is 448 g/mol. The van der Waals surface area contributed by atoms with Gasteiger partial charge in [0.1, 0.15) is 4.90 Å². The number of nitrogens with zero attached hydrogens (tertiary/aromatic N) is 2. The molecule has 0 N–H and O–H groups in total. The Morgan fingerprint density at radius 1 is 1.03 bits per heavy atom. The fraction of sp³-hybridized carbons (Fsp3) is 0.318. The van der Waals surface area contributed by atoms with Gasteiger partial charge in [-0.3, -0.25) is 4.98 Å². The van der Waals surface area contributed by atoms with E-state index >= 15 is 0 Å². The van der Waals surface area contributed by atoms with Crippen LogP contribution in [0, 0.1) is 12.8 Å². The molecule has 0 bridgehead atoms. The smallest absolute Gasteiger partial charge is 0.210 e. The minimum Gasteiger partial charge on any atom is -0.370 e. The Labute approximate surface area is 181 Å². The van der Waals surface area contributed by atoms with Crippen molar-refractivity contribution in [1.29, 1.82) is 0 Å². The highest BCUT2D eigenvalue weighted by molar-refractivity contribution is 7.91. The summed E-state index contributed by atoms with van der Waals surface area (Å²) < 4.78 is 27.2. The Balaban J connectivity index is 1.96. The van der Waals surface area contributed by atoms with Crippen LogP contribution in [0.4, 0.5) is 5.69 Å². The van der Waals surface area contributed by atoms with Gasteiger partial charge in [0.15, 0.2) is 0 Å². The number of aromatic nitrogens is 1. The molecule has 4 nitrogen and oxygen atoms in total. The van der Waals surface area contributed by atoms with Gasteiger partial charge in [0.2, 0.25) is 9.84 Å². The topological polar surface area (TPSA) is 50.3 Å². The lowest BCUT2D eigenvalue weighted by molar-refractivity contribution is 0.437. The van der Waals surface area contributed by atoms with Gasteiger partial charge in [-0.05, 0) is 56.0 Å². The largest absolute Gasteiger partial charge is 0.370 e. The highest BCUT2D eigenvalue weighted by atomic mass is 35.5. The average Bonchev–Trinajstić information content (AvgIpc) is 2.69. The van der Waals surface area contributed by atoms with Gasteiger partial charge >= 0.3 is 0 Å². The van der Waals surface area contributed by atoms with Crippen molar-refractivity contribution in [2.45, 2.75) is 36.5 Å². The molecule has 0 radical (unpaired) electrons. The van der Waals surface area contributed by atoms with E-state index in [2.05, 4.69) is 16.8 Å². The molecule has 1 aromatic heterocycles. The zero-order valence-corrected chi connectivity index (χ0v) is 18.7. The van der Waals surface area contributed by atoms with Crippen LogP contribution < -0.4 is 4.90 Å². The van der Waals surface area contributed by atoms with Crippen molar-refractivity contribution in [3.8, 4) is 0 Å². The van der Waals surface area contributed by atoms with Crippen LogP contribution in [0.15, 0.2) is 52.4 Å². The quantitative estimate of drug-likeness (QED) is 0.498. The molecule has 0 saturated carbocycles. The molecule has 2 aromatic carbocycles. The van der Waals surface area contributed by atoms with Crippen molar-refractivity contribution >= 4 is 49.6 Å². The van der Waals surface area contributed by atoms with Crippen molar-refractivity contribution < 1.29 is 8.42 Å². The summed E-state index contributed by atoms with van der Waals surface area (Å²) in [5.41, 5.74) is 2.59. The SMILES string of the molecule is Cc1ccc2ncc(S(=O)(=O)c3ccc(Cl)c(Cl)c3)c(N3CCC(C)CC3)c2c1. The number of hydrogen-bond donors (Lipinski definition) is 0. The van der Waals surface area contributed by atoms with E-state index in [-0.39, 0.29) is 14.8 Å². The summed E-state index contributed by atoms with van der Waals surface area (Å²) in [4.78, 5) is 6.98. The van der Waals surface area contributed by atoms with E-state index in [9.17, 15) is 8.42 Å². The minimum absolute atomic E-state index is 0.118. The summed E-state index contributed by atoms with van der Waals surface area (Å²) in [5, 5.41) is 1.40. The Morgan fingerprint density at radius 3 is 2.45 bits per heavy atom. The van der Waals surface area contributed by atoms with Crippen LogP contribution in [0.3, 0.4) is 0 Å². The maximum absolute atomic E-state index is 13.6. The second-order valence-electron chi connectivity index (χ2n) is 7.74. The summed E-state index contributed by atoms with van der Waals surface area (Å²) >= 11 is 12.1. The molecule has 0 spiro atoms. The molecule has 0 aliphatic carbocycles. The molecule has 1 aliphatic heterocycles. The summed E-state index contributed by atoms with van der Waals surface area (Å²) in [7, 11) is -3.82. The second-order valence-corrected chi connectivity index (χ2v) is 10.5. The van der Waals surface area contributed by atoms with E-state index in [1.165, 1.54) is 24.4 Å². The lowest BCUT2D eigenvalue weighted by atomic mass is 9.98. The van der Waals surface area contributed by atoms with Gasteiger partial charge < -0.3 is 4.90 Å². The van der Waals surface area contributed by atoms with Gasteiger partial charge in [0.05, 0.1) is 26.1 Å². The van der Waals surface area contributed by atoms with E-state index in [4.69, 9.17) is 23.2 Å². The summed E-state index contributed by atoms with van der Waals surface area (Å²) in [5.74, 6) is 0.635. The number of rotatable bonds is 3. The number of anilines is 1. The van der Waals surface area contributed by atoms with Crippen LogP contribution in [0.5, 0.6) is 0 Å². The predicted octanol–water partition coefficient (Wildman–Crippen LogP) is 5.92. The van der Waals surface area contributed by atoms with E-state index < -0.39 is 9.84 Å². The van der Waals surface area contributed by atoms with Crippen molar-refractivity contribution in [3.63, 3.8) is 0 Å². The second kappa shape index (κ2) is 7.78. The van der Waals surface area contributed by atoms with Crippen molar-refractivity contribution in [2.24, 2.45) is 5.92 Å². The highest BCUT2D eigenvalue weighted by Crippen LogP contribution is 2.38. The zero-order chi connectivity index (χ0) is 20.8. The molecule has 152 valence electrons. The van der Waals surface area contributed by atoms with Crippen LogP contribution in [0.1, 0.15) is 25.3 Å². The Morgan fingerprint density at radius 2 is 1.76 bits per heavy atom. The van der Waals surface area contributed by atoms with Crippen LogP contribution in [0.2, 0.25) is 10.0 Å². The minimum atomic E-state index is -3.82. The van der Waals surface area contributed by atoms with Crippen LogP contribution in [-0.4, -0.2) is 26.5 Å². The normalized spacial score (nSPS) is 15.8. The molecule has 4 rings (SSSR count). The first-order valence-corrected chi connectivity index (χ1v) is 11.9. The number of halogens is 2. The molecule has 29 heavy (non-hydrogen) atoms. The molecule has 7 heteroatoms. The van der Waals surface area contributed by atoms with Gasteiger partial charge in [0.25, 0.3) is 0 Å². The molecule has 0 unspecified atom stereocenters. The van der Waals surface area contributed by atoms with Gasteiger partial charge in [-0.2, -0.15) is 0 Å². The lowest BCUT2D eigenvalue weighted by Gasteiger charge is -2.34. The third-order valence-corrected chi connectivity index (χ3v) is 8.04. The molecule has 0 amide bonds. The van der Waals surface area contributed by atoms with E-state index in [1.807, 2.05) is 25.1 Å².